The molecule has 35 heavy (non-hydrogen) atoms. The average molecular weight is 502 g/mol. The highest BCUT2D eigenvalue weighted by atomic mass is 32.2. The van der Waals surface area contributed by atoms with Crippen LogP contribution in [0.4, 0.5) is 5.69 Å². The summed E-state index contributed by atoms with van der Waals surface area (Å²) in [5.74, 6) is -0.420. The van der Waals surface area contributed by atoms with Gasteiger partial charge in [0.1, 0.15) is 6.04 Å². The van der Waals surface area contributed by atoms with Crippen LogP contribution in [0, 0.1) is 13.8 Å². The molecule has 7 nitrogen and oxygen atoms in total. The molecule has 0 fully saturated rings. The van der Waals surface area contributed by atoms with Crippen LogP contribution in [0.3, 0.4) is 0 Å². The van der Waals surface area contributed by atoms with Crippen LogP contribution in [0.25, 0.3) is 0 Å². The van der Waals surface area contributed by atoms with Gasteiger partial charge in [-0.05, 0) is 65.7 Å². The van der Waals surface area contributed by atoms with Gasteiger partial charge in [-0.25, -0.2) is 8.42 Å². The molecule has 0 heterocycles. The molecule has 1 N–H and O–H groups in total. The van der Waals surface area contributed by atoms with Gasteiger partial charge in [0, 0.05) is 25.0 Å². The molecule has 0 spiro atoms. The Labute approximate surface area is 210 Å². The second-order valence-electron chi connectivity index (χ2n) is 10.2. The lowest BCUT2D eigenvalue weighted by atomic mass is 10.1. The van der Waals surface area contributed by atoms with Crippen LogP contribution in [0.15, 0.2) is 48.5 Å². The Morgan fingerprint density at radius 1 is 1.00 bits per heavy atom. The zero-order valence-corrected chi connectivity index (χ0v) is 22.8. The number of sulfonamides is 1. The van der Waals surface area contributed by atoms with Crippen LogP contribution in [0.1, 0.15) is 57.2 Å². The molecule has 2 rings (SSSR count). The molecule has 8 heteroatoms. The molecule has 0 aromatic heterocycles. The van der Waals surface area contributed by atoms with E-state index in [1.807, 2.05) is 71.0 Å². The van der Waals surface area contributed by atoms with Crippen LogP contribution in [0.2, 0.25) is 0 Å². The van der Waals surface area contributed by atoms with Gasteiger partial charge in [-0.3, -0.25) is 13.9 Å². The molecule has 192 valence electrons. The second-order valence-corrected chi connectivity index (χ2v) is 12.1. The highest BCUT2D eigenvalue weighted by molar-refractivity contribution is 7.92. The summed E-state index contributed by atoms with van der Waals surface area (Å²) in [4.78, 5) is 27.8. The average Bonchev–Trinajstić information content (AvgIpc) is 2.73. The Kier molecular flexibility index (Phi) is 9.49. The second kappa shape index (κ2) is 11.7. The Morgan fingerprint density at radius 3 is 2.17 bits per heavy atom. The van der Waals surface area contributed by atoms with Crippen molar-refractivity contribution in [3.63, 3.8) is 0 Å². The molecule has 0 aliphatic heterocycles. The predicted octanol–water partition coefficient (Wildman–Crippen LogP) is 4.18. The van der Waals surface area contributed by atoms with Gasteiger partial charge in [0.05, 0.1) is 11.9 Å². The number of anilines is 1. The number of benzene rings is 2. The van der Waals surface area contributed by atoms with Crippen molar-refractivity contribution in [3.05, 3.63) is 65.2 Å². The summed E-state index contributed by atoms with van der Waals surface area (Å²) in [5.41, 5.74) is 3.19. The fraction of sp³-hybridized carbons (Fsp3) is 0.481. The zero-order chi connectivity index (χ0) is 26.4. The molecule has 2 aromatic carbocycles. The first kappa shape index (κ1) is 28.4. The van der Waals surface area contributed by atoms with E-state index in [1.165, 1.54) is 4.31 Å². The Hall–Kier alpha value is -2.87. The molecule has 0 saturated carbocycles. The molecule has 1 atom stereocenters. The number of hydrogen-bond acceptors (Lipinski definition) is 4. The largest absolute Gasteiger partial charge is 0.350 e. The third-order valence-electron chi connectivity index (χ3n) is 5.58. The summed E-state index contributed by atoms with van der Waals surface area (Å²) in [6.07, 6.45) is 1.62. The van der Waals surface area contributed by atoms with Crippen molar-refractivity contribution in [1.82, 2.24) is 10.2 Å². The van der Waals surface area contributed by atoms with Gasteiger partial charge in [0.2, 0.25) is 21.8 Å². The minimum absolute atomic E-state index is 0.122. The van der Waals surface area contributed by atoms with Crippen LogP contribution in [-0.4, -0.2) is 49.5 Å². The quantitative estimate of drug-likeness (QED) is 0.529. The molecule has 0 unspecified atom stereocenters. The van der Waals surface area contributed by atoms with Crippen molar-refractivity contribution in [2.24, 2.45) is 0 Å². The van der Waals surface area contributed by atoms with Crippen molar-refractivity contribution in [1.29, 1.82) is 0 Å². The highest BCUT2D eigenvalue weighted by Crippen LogP contribution is 2.20. The molecule has 2 amide bonds. The van der Waals surface area contributed by atoms with E-state index in [-0.39, 0.29) is 24.8 Å². The van der Waals surface area contributed by atoms with Crippen molar-refractivity contribution in [3.8, 4) is 0 Å². The molecular weight excluding hydrogens is 462 g/mol. The normalized spacial score (nSPS) is 12.7. The summed E-state index contributed by atoms with van der Waals surface area (Å²) in [6, 6.07) is 14.4. The first-order chi connectivity index (χ1) is 16.2. The van der Waals surface area contributed by atoms with E-state index < -0.39 is 21.6 Å². The maximum atomic E-state index is 13.3. The Morgan fingerprint density at radius 2 is 1.63 bits per heavy atom. The van der Waals surface area contributed by atoms with Crippen molar-refractivity contribution >= 4 is 27.5 Å². The minimum Gasteiger partial charge on any atom is -0.350 e. The topological polar surface area (TPSA) is 86.8 Å². The van der Waals surface area contributed by atoms with Gasteiger partial charge in [-0.2, -0.15) is 0 Å². The third kappa shape index (κ3) is 9.02. The summed E-state index contributed by atoms with van der Waals surface area (Å²) in [7, 11) is -3.51. The van der Waals surface area contributed by atoms with Gasteiger partial charge in [-0.1, -0.05) is 47.5 Å². The zero-order valence-electron chi connectivity index (χ0n) is 22.0. The van der Waals surface area contributed by atoms with Crippen LogP contribution < -0.4 is 9.62 Å². The van der Waals surface area contributed by atoms with Gasteiger partial charge in [-0.15, -0.1) is 0 Å². The minimum atomic E-state index is -3.51. The predicted molar refractivity (Wildman–Crippen MR) is 142 cm³/mol. The summed E-state index contributed by atoms with van der Waals surface area (Å²) in [5, 5.41) is 2.95. The summed E-state index contributed by atoms with van der Waals surface area (Å²) < 4.78 is 26.1. The number of nitrogens with zero attached hydrogens (tertiary/aromatic N) is 2. The molecule has 0 radical (unpaired) electrons. The first-order valence-corrected chi connectivity index (χ1v) is 13.7. The van der Waals surface area contributed by atoms with E-state index in [2.05, 4.69) is 5.32 Å². The van der Waals surface area contributed by atoms with Crippen molar-refractivity contribution in [2.45, 2.75) is 72.5 Å². The fourth-order valence-corrected chi connectivity index (χ4v) is 4.74. The lowest BCUT2D eigenvalue weighted by Crippen LogP contribution is -2.52. The SMILES string of the molecule is Cc1ccc(N(CCCC(=O)N(Cc2cccc(C)c2)[C@H](C)C(=O)NC(C)(C)C)S(C)(=O)=O)cc1. The van der Waals surface area contributed by atoms with Crippen molar-refractivity contribution < 1.29 is 18.0 Å². The summed E-state index contributed by atoms with van der Waals surface area (Å²) >= 11 is 0. The Bertz CT molecular complexity index is 1120. The van der Waals surface area contributed by atoms with E-state index in [4.69, 9.17) is 0 Å². The van der Waals surface area contributed by atoms with Gasteiger partial charge < -0.3 is 10.2 Å². The maximum Gasteiger partial charge on any atom is 0.242 e. The number of rotatable bonds is 10. The molecular formula is C27H39N3O4S. The number of carbonyl (C=O) groups is 2. The van der Waals surface area contributed by atoms with Gasteiger partial charge in [0.25, 0.3) is 0 Å². The first-order valence-electron chi connectivity index (χ1n) is 11.9. The highest BCUT2D eigenvalue weighted by Gasteiger charge is 2.28. The van der Waals surface area contributed by atoms with Crippen LogP contribution in [0.5, 0.6) is 0 Å². The van der Waals surface area contributed by atoms with Gasteiger partial charge in [0.15, 0.2) is 0 Å². The van der Waals surface area contributed by atoms with E-state index in [0.717, 1.165) is 22.9 Å². The molecule has 0 aliphatic rings. The van der Waals surface area contributed by atoms with Crippen LogP contribution in [-0.2, 0) is 26.2 Å². The number of carbonyl (C=O) groups excluding carboxylic acids is 2. The monoisotopic (exact) mass is 501 g/mol. The standard InChI is InChI=1S/C27H39N3O4S/c1-20-13-15-24(16-14-20)30(35(7,33)34)17-9-12-25(31)29(19-23-11-8-10-21(2)18-23)22(3)26(32)28-27(4,5)6/h8,10-11,13-16,18,22H,9,12,17,19H2,1-7H3,(H,28,32)/t22-/m1/s1. The van der Waals surface area contributed by atoms with Crippen LogP contribution >= 0.6 is 0 Å². The lowest BCUT2D eigenvalue weighted by Gasteiger charge is -2.32. The molecule has 0 saturated heterocycles. The number of hydrogen-bond donors (Lipinski definition) is 1. The van der Waals surface area contributed by atoms with E-state index >= 15 is 0 Å². The lowest BCUT2D eigenvalue weighted by molar-refractivity contribution is -0.141. The van der Waals surface area contributed by atoms with E-state index in [1.54, 1.807) is 24.0 Å². The Balaban J connectivity index is 2.18. The number of amides is 2. The third-order valence-corrected chi connectivity index (χ3v) is 6.77. The summed E-state index contributed by atoms with van der Waals surface area (Å²) in [6.45, 7) is 11.8. The van der Waals surface area contributed by atoms with Crippen molar-refractivity contribution in [2.75, 3.05) is 17.1 Å². The smallest absolute Gasteiger partial charge is 0.242 e. The molecule has 0 bridgehead atoms. The number of nitrogens with one attached hydrogen (secondary N) is 1. The fourth-order valence-electron chi connectivity index (χ4n) is 3.78. The van der Waals surface area contributed by atoms with Gasteiger partial charge >= 0.3 is 0 Å². The molecule has 2 aromatic rings. The molecule has 0 aliphatic carbocycles. The van der Waals surface area contributed by atoms with E-state index in [0.29, 0.717) is 18.7 Å². The van der Waals surface area contributed by atoms with E-state index in [9.17, 15) is 18.0 Å². The number of aryl methyl sites for hydroxylation is 2. The maximum absolute atomic E-state index is 13.3.